The number of carbonyl (C=O) groups excluding carboxylic acids is 1. The average molecular weight is 366 g/mol. The highest BCUT2D eigenvalue weighted by atomic mass is 35.5. The lowest BCUT2D eigenvalue weighted by Crippen LogP contribution is -2.44. The van der Waals surface area contributed by atoms with Crippen LogP contribution in [0, 0.1) is 0 Å². The fourth-order valence-electron chi connectivity index (χ4n) is 2.52. The van der Waals surface area contributed by atoms with E-state index in [1.54, 1.807) is 23.1 Å². The van der Waals surface area contributed by atoms with Crippen LogP contribution in [0.15, 0.2) is 48.5 Å². The Balaban J connectivity index is 1.87. The molecule has 3 rings (SSSR count). The summed E-state index contributed by atoms with van der Waals surface area (Å²) >= 11 is 12.0. The van der Waals surface area contributed by atoms with Crippen molar-refractivity contribution in [2.45, 2.75) is 6.10 Å². The van der Waals surface area contributed by atoms with Gasteiger partial charge in [0.15, 0.2) is 0 Å². The standard InChI is InChI=1S/C18H17Cl2NO3/c19-15-7-6-14(12-16(15)20)24-17(13-4-2-1-3-5-13)18(22)21-8-10-23-11-9-21/h1-7,12,17H,8-11H2/t17-/m0/s1. The third-order valence-electron chi connectivity index (χ3n) is 3.79. The smallest absolute Gasteiger partial charge is 0.268 e. The van der Waals surface area contributed by atoms with E-state index in [1.165, 1.54) is 0 Å². The van der Waals surface area contributed by atoms with Crippen molar-refractivity contribution in [2.24, 2.45) is 0 Å². The molecule has 1 aliphatic heterocycles. The molecule has 4 nitrogen and oxygen atoms in total. The lowest BCUT2D eigenvalue weighted by Gasteiger charge is -2.30. The van der Waals surface area contributed by atoms with Crippen molar-refractivity contribution >= 4 is 29.1 Å². The summed E-state index contributed by atoms with van der Waals surface area (Å²) in [5.74, 6) is 0.412. The Kier molecular flexibility index (Phi) is 5.61. The Labute approximate surface area is 150 Å². The van der Waals surface area contributed by atoms with Crippen LogP contribution in [0.5, 0.6) is 5.75 Å². The molecule has 2 aromatic rings. The van der Waals surface area contributed by atoms with E-state index in [-0.39, 0.29) is 5.91 Å². The summed E-state index contributed by atoms with van der Waals surface area (Å²) in [7, 11) is 0. The molecule has 0 spiro atoms. The Morgan fingerprint density at radius 1 is 1.04 bits per heavy atom. The van der Waals surface area contributed by atoms with Gasteiger partial charge in [-0.25, -0.2) is 0 Å². The van der Waals surface area contributed by atoms with Gasteiger partial charge >= 0.3 is 0 Å². The zero-order chi connectivity index (χ0) is 16.9. The Hall–Kier alpha value is -1.75. The fraction of sp³-hybridized carbons (Fsp3) is 0.278. The number of carbonyl (C=O) groups is 1. The zero-order valence-electron chi connectivity index (χ0n) is 13.0. The van der Waals surface area contributed by atoms with E-state index in [4.69, 9.17) is 32.7 Å². The Bertz CT molecular complexity index is 703. The van der Waals surface area contributed by atoms with Crippen LogP contribution in [0.1, 0.15) is 11.7 Å². The van der Waals surface area contributed by atoms with Crippen LogP contribution in [0.4, 0.5) is 0 Å². The van der Waals surface area contributed by atoms with Crippen LogP contribution in [0.2, 0.25) is 10.0 Å². The first-order chi connectivity index (χ1) is 11.6. The van der Waals surface area contributed by atoms with Crippen molar-refractivity contribution in [3.05, 3.63) is 64.1 Å². The maximum Gasteiger partial charge on any atom is 0.268 e. The number of ether oxygens (including phenoxy) is 2. The monoisotopic (exact) mass is 365 g/mol. The van der Waals surface area contributed by atoms with Gasteiger partial charge < -0.3 is 14.4 Å². The van der Waals surface area contributed by atoms with Crippen molar-refractivity contribution in [1.29, 1.82) is 0 Å². The summed E-state index contributed by atoms with van der Waals surface area (Å²) in [6.45, 7) is 2.21. The maximum atomic E-state index is 12.9. The first-order valence-corrected chi connectivity index (χ1v) is 8.44. The Morgan fingerprint density at radius 2 is 1.75 bits per heavy atom. The molecule has 1 amide bonds. The molecule has 126 valence electrons. The second-order valence-electron chi connectivity index (χ2n) is 5.42. The molecule has 6 heteroatoms. The van der Waals surface area contributed by atoms with Crippen LogP contribution < -0.4 is 4.74 Å². The van der Waals surface area contributed by atoms with Crippen molar-refractivity contribution in [3.63, 3.8) is 0 Å². The van der Waals surface area contributed by atoms with Crippen LogP contribution in [0.3, 0.4) is 0 Å². The largest absolute Gasteiger partial charge is 0.476 e. The fourth-order valence-corrected chi connectivity index (χ4v) is 2.81. The van der Waals surface area contributed by atoms with E-state index < -0.39 is 6.10 Å². The van der Waals surface area contributed by atoms with Gasteiger partial charge in [0.25, 0.3) is 5.91 Å². The Morgan fingerprint density at radius 3 is 2.42 bits per heavy atom. The molecule has 0 bridgehead atoms. The van der Waals surface area contributed by atoms with Crippen LogP contribution >= 0.6 is 23.2 Å². The lowest BCUT2D eigenvalue weighted by atomic mass is 10.1. The summed E-state index contributed by atoms with van der Waals surface area (Å²) in [6, 6.07) is 14.4. The second-order valence-corrected chi connectivity index (χ2v) is 6.24. The van der Waals surface area contributed by atoms with E-state index in [1.807, 2.05) is 30.3 Å². The summed E-state index contributed by atoms with van der Waals surface area (Å²) in [5.41, 5.74) is 0.792. The molecule has 0 saturated carbocycles. The molecule has 2 aromatic carbocycles. The number of benzene rings is 2. The van der Waals surface area contributed by atoms with Gasteiger partial charge in [-0.2, -0.15) is 0 Å². The SMILES string of the molecule is O=C([C@@H](Oc1ccc(Cl)c(Cl)c1)c1ccccc1)N1CCOCC1. The van der Waals surface area contributed by atoms with Crippen molar-refractivity contribution in [1.82, 2.24) is 4.90 Å². The van der Waals surface area contributed by atoms with Gasteiger partial charge in [0.05, 0.1) is 23.3 Å². The maximum absolute atomic E-state index is 12.9. The minimum atomic E-state index is -0.735. The van der Waals surface area contributed by atoms with Crippen molar-refractivity contribution in [3.8, 4) is 5.75 Å². The average Bonchev–Trinajstić information content (AvgIpc) is 2.63. The van der Waals surface area contributed by atoms with Crippen LogP contribution in [0.25, 0.3) is 0 Å². The van der Waals surface area contributed by atoms with Gasteiger partial charge in [-0.15, -0.1) is 0 Å². The molecule has 0 aromatic heterocycles. The number of rotatable bonds is 4. The molecule has 0 aliphatic carbocycles. The van der Waals surface area contributed by atoms with E-state index in [2.05, 4.69) is 0 Å². The van der Waals surface area contributed by atoms with Gasteiger partial charge in [0.1, 0.15) is 5.75 Å². The van der Waals surface area contributed by atoms with Crippen LogP contribution in [-0.4, -0.2) is 37.1 Å². The van der Waals surface area contributed by atoms with Crippen molar-refractivity contribution < 1.29 is 14.3 Å². The number of morpholine rings is 1. The highest BCUT2D eigenvalue weighted by Crippen LogP contribution is 2.30. The normalized spacial score (nSPS) is 15.8. The highest BCUT2D eigenvalue weighted by molar-refractivity contribution is 6.42. The number of amides is 1. The molecule has 1 aliphatic rings. The highest BCUT2D eigenvalue weighted by Gasteiger charge is 2.29. The molecule has 1 fully saturated rings. The summed E-state index contributed by atoms with van der Waals surface area (Å²) < 4.78 is 11.3. The number of halogens is 2. The minimum absolute atomic E-state index is 0.0874. The van der Waals surface area contributed by atoms with Crippen molar-refractivity contribution in [2.75, 3.05) is 26.3 Å². The molecule has 0 N–H and O–H groups in total. The number of nitrogens with zero attached hydrogens (tertiary/aromatic N) is 1. The molecular weight excluding hydrogens is 349 g/mol. The third kappa shape index (κ3) is 4.01. The van der Waals surface area contributed by atoms with E-state index in [0.29, 0.717) is 42.1 Å². The van der Waals surface area contributed by atoms with Gasteiger partial charge in [0, 0.05) is 24.7 Å². The molecule has 24 heavy (non-hydrogen) atoms. The van der Waals surface area contributed by atoms with E-state index in [9.17, 15) is 4.79 Å². The predicted molar refractivity (Wildman–Crippen MR) is 93.7 cm³/mol. The molecular formula is C18H17Cl2NO3. The molecule has 0 unspecified atom stereocenters. The molecule has 0 radical (unpaired) electrons. The second kappa shape index (κ2) is 7.88. The van der Waals surface area contributed by atoms with Gasteiger partial charge in [0.2, 0.25) is 6.10 Å². The van der Waals surface area contributed by atoms with E-state index >= 15 is 0 Å². The zero-order valence-corrected chi connectivity index (χ0v) is 14.5. The number of hydrogen-bond donors (Lipinski definition) is 0. The lowest BCUT2D eigenvalue weighted by molar-refractivity contribution is -0.143. The number of hydrogen-bond acceptors (Lipinski definition) is 3. The van der Waals surface area contributed by atoms with Gasteiger partial charge in [-0.3, -0.25) is 4.79 Å². The third-order valence-corrected chi connectivity index (χ3v) is 4.53. The topological polar surface area (TPSA) is 38.8 Å². The molecule has 1 saturated heterocycles. The minimum Gasteiger partial charge on any atom is -0.476 e. The van der Waals surface area contributed by atoms with Gasteiger partial charge in [-0.1, -0.05) is 53.5 Å². The predicted octanol–water partition coefficient (Wildman–Crippen LogP) is 3.97. The van der Waals surface area contributed by atoms with Crippen LogP contribution in [-0.2, 0) is 9.53 Å². The molecule has 1 atom stereocenters. The molecule has 1 heterocycles. The summed E-state index contributed by atoms with van der Waals surface area (Å²) in [5, 5.41) is 0.833. The summed E-state index contributed by atoms with van der Waals surface area (Å²) in [4.78, 5) is 14.7. The summed E-state index contributed by atoms with van der Waals surface area (Å²) in [6.07, 6.45) is -0.735. The van der Waals surface area contributed by atoms with Gasteiger partial charge in [-0.05, 0) is 12.1 Å². The van der Waals surface area contributed by atoms with E-state index in [0.717, 1.165) is 5.56 Å². The quantitative estimate of drug-likeness (QED) is 0.822. The first kappa shape index (κ1) is 17.1. The first-order valence-electron chi connectivity index (χ1n) is 7.68.